The Morgan fingerprint density at radius 1 is 1.50 bits per heavy atom. The molecular formula is C14H13N3O4S. The van der Waals surface area contributed by atoms with Gasteiger partial charge in [0.15, 0.2) is 5.16 Å². The normalized spacial score (nSPS) is 13.9. The Bertz CT molecular complexity index is 739. The number of methoxy groups -OCH3 is 1. The Kier molecular flexibility index (Phi) is 3.84. The summed E-state index contributed by atoms with van der Waals surface area (Å²) in [6.07, 6.45) is 5.86. The summed E-state index contributed by atoms with van der Waals surface area (Å²) in [6.45, 7) is 0. The number of nitro groups is 1. The SMILES string of the molecule is COC(=O)c1cc([N+](=O)[O-])ccc1Sc1nccn1C1CC1. The fourth-order valence-corrected chi connectivity index (χ4v) is 3.11. The van der Waals surface area contributed by atoms with E-state index in [1.165, 1.54) is 31.0 Å². The van der Waals surface area contributed by atoms with Gasteiger partial charge in [-0.15, -0.1) is 0 Å². The van der Waals surface area contributed by atoms with Crippen molar-refractivity contribution in [2.75, 3.05) is 7.11 Å². The maximum atomic E-state index is 11.9. The number of carbonyl (C=O) groups is 1. The maximum absolute atomic E-state index is 11.9. The van der Waals surface area contributed by atoms with Crippen molar-refractivity contribution in [3.63, 3.8) is 0 Å². The minimum atomic E-state index is -0.601. The Hall–Kier alpha value is -2.35. The van der Waals surface area contributed by atoms with Gasteiger partial charge < -0.3 is 9.30 Å². The summed E-state index contributed by atoms with van der Waals surface area (Å²) in [6, 6.07) is 4.63. The molecule has 0 saturated heterocycles. The van der Waals surface area contributed by atoms with Crippen LogP contribution in [0.3, 0.4) is 0 Å². The Morgan fingerprint density at radius 3 is 2.91 bits per heavy atom. The summed E-state index contributed by atoms with van der Waals surface area (Å²) < 4.78 is 6.78. The molecule has 0 bridgehead atoms. The number of carbonyl (C=O) groups excluding carboxylic acids is 1. The molecule has 0 aliphatic heterocycles. The molecule has 3 rings (SSSR count). The number of aromatic nitrogens is 2. The van der Waals surface area contributed by atoms with Crippen molar-refractivity contribution in [3.05, 3.63) is 46.3 Å². The van der Waals surface area contributed by atoms with Crippen molar-refractivity contribution in [3.8, 4) is 0 Å². The zero-order valence-electron chi connectivity index (χ0n) is 11.8. The van der Waals surface area contributed by atoms with Crippen molar-refractivity contribution in [1.29, 1.82) is 0 Å². The quantitative estimate of drug-likeness (QED) is 0.478. The van der Waals surface area contributed by atoms with Crippen LogP contribution in [0.5, 0.6) is 0 Å². The van der Waals surface area contributed by atoms with Crippen LogP contribution in [0.1, 0.15) is 29.2 Å². The van der Waals surface area contributed by atoms with Crippen molar-refractivity contribution in [2.45, 2.75) is 28.9 Å². The van der Waals surface area contributed by atoms with Gasteiger partial charge in [0.25, 0.3) is 5.69 Å². The molecule has 1 saturated carbocycles. The number of non-ortho nitro benzene ring substituents is 1. The van der Waals surface area contributed by atoms with E-state index in [2.05, 4.69) is 9.55 Å². The fraction of sp³-hybridized carbons (Fsp3) is 0.286. The van der Waals surface area contributed by atoms with Crippen molar-refractivity contribution < 1.29 is 14.5 Å². The molecule has 0 N–H and O–H groups in total. The van der Waals surface area contributed by atoms with Crippen LogP contribution in [0.15, 0.2) is 40.6 Å². The number of nitrogens with zero attached hydrogens (tertiary/aromatic N) is 3. The summed E-state index contributed by atoms with van der Waals surface area (Å²) in [5.74, 6) is -0.601. The predicted octanol–water partition coefficient (Wildman–Crippen LogP) is 3.06. The number of benzene rings is 1. The molecule has 0 atom stereocenters. The van der Waals surface area contributed by atoms with Crippen molar-refractivity contribution >= 4 is 23.4 Å². The summed E-state index contributed by atoms with van der Waals surface area (Å²) >= 11 is 1.31. The first-order chi connectivity index (χ1) is 10.6. The average molecular weight is 319 g/mol. The number of nitro benzene ring substituents is 1. The van der Waals surface area contributed by atoms with Crippen LogP contribution < -0.4 is 0 Å². The molecule has 1 aliphatic rings. The lowest BCUT2D eigenvalue weighted by molar-refractivity contribution is -0.384. The molecule has 1 aliphatic carbocycles. The number of rotatable bonds is 5. The van der Waals surface area contributed by atoms with E-state index in [-0.39, 0.29) is 11.3 Å². The second-order valence-corrected chi connectivity index (χ2v) is 5.89. The third-order valence-corrected chi connectivity index (χ3v) is 4.43. The van der Waals surface area contributed by atoms with Gasteiger partial charge in [0, 0.05) is 35.5 Å². The highest BCUT2D eigenvalue weighted by atomic mass is 32.2. The van der Waals surface area contributed by atoms with Gasteiger partial charge in [0.1, 0.15) is 0 Å². The molecule has 0 radical (unpaired) electrons. The van der Waals surface area contributed by atoms with Crippen LogP contribution in [0.25, 0.3) is 0 Å². The van der Waals surface area contributed by atoms with Crippen LogP contribution in [0.2, 0.25) is 0 Å². The lowest BCUT2D eigenvalue weighted by Gasteiger charge is -2.09. The molecular weight excluding hydrogens is 306 g/mol. The molecule has 7 nitrogen and oxygen atoms in total. The van der Waals surface area contributed by atoms with Crippen molar-refractivity contribution in [1.82, 2.24) is 9.55 Å². The molecule has 1 fully saturated rings. The molecule has 1 aromatic heterocycles. The van der Waals surface area contributed by atoms with Gasteiger partial charge in [0.2, 0.25) is 0 Å². The average Bonchev–Trinajstić information content (AvgIpc) is 3.26. The van der Waals surface area contributed by atoms with Crippen LogP contribution in [-0.2, 0) is 4.74 Å². The number of hydrogen-bond acceptors (Lipinski definition) is 6. The van der Waals surface area contributed by atoms with E-state index in [4.69, 9.17) is 4.74 Å². The van der Waals surface area contributed by atoms with Crippen LogP contribution >= 0.6 is 11.8 Å². The zero-order valence-corrected chi connectivity index (χ0v) is 12.6. The van der Waals surface area contributed by atoms with E-state index in [1.54, 1.807) is 12.3 Å². The van der Waals surface area contributed by atoms with Gasteiger partial charge >= 0.3 is 5.97 Å². The van der Waals surface area contributed by atoms with E-state index in [9.17, 15) is 14.9 Å². The van der Waals surface area contributed by atoms with Gasteiger partial charge in [-0.3, -0.25) is 10.1 Å². The maximum Gasteiger partial charge on any atom is 0.339 e. The minimum absolute atomic E-state index is 0.143. The van der Waals surface area contributed by atoms with E-state index in [0.29, 0.717) is 10.9 Å². The fourth-order valence-electron chi connectivity index (χ4n) is 2.10. The van der Waals surface area contributed by atoms with Gasteiger partial charge in [-0.25, -0.2) is 9.78 Å². The van der Waals surface area contributed by atoms with Gasteiger partial charge in [0.05, 0.1) is 17.6 Å². The van der Waals surface area contributed by atoms with Crippen LogP contribution in [0, 0.1) is 10.1 Å². The van der Waals surface area contributed by atoms with Gasteiger partial charge in [-0.1, -0.05) is 11.8 Å². The van der Waals surface area contributed by atoms with Crippen LogP contribution in [0.4, 0.5) is 5.69 Å². The number of ether oxygens (including phenoxy) is 1. The molecule has 8 heteroatoms. The summed E-state index contributed by atoms with van der Waals surface area (Å²) in [4.78, 5) is 27.1. The first kappa shape index (κ1) is 14.6. The molecule has 1 aromatic carbocycles. The zero-order chi connectivity index (χ0) is 15.7. The molecule has 0 spiro atoms. The Morgan fingerprint density at radius 2 is 2.27 bits per heavy atom. The first-order valence-electron chi connectivity index (χ1n) is 6.67. The molecule has 0 unspecified atom stereocenters. The van der Waals surface area contributed by atoms with E-state index in [0.717, 1.165) is 18.0 Å². The highest BCUT2D eigenvalue weighted by Gasteiger charge is 2.26. The largest absolute Gasteiger partial charge is 0.465 e. The van der Waals surface area contributed by atoms with Crippen molar-refractivity contribution in [2.24, 2.45) is 0 Å². The molecule has 114 valence electrons. The number of imidazole rings is 1. The lowest BCUT2D eigenvalue weighted by atomic mass is 10.2. The standard InChI is InChI=1S/C14H13N3O4S/c1-21-13(18)11-8-10(17(19)20)4-5-12(11)22-14-15-6-7-16(14)9-2-3-9/h4-9H,2-3H2,1H3. The first-order valence-corrected chi connectivity index (χ1v) is 7.49. The van der Waals surface area contributed by atoms with Gasteiger partial charge in [-0.2, -0.15) is 0 Å². The molecule has 0 amide bonds. The predicted molar refractivity (Wildman–Crippen MR) is 79.1 cm³/mol. The summed E-state index contributed by atoms with van der Waals surface area (Å²) in [5.41, 5.74) is 0.0299. The van der Waals surface area contributed by atoms with E-state index < -0.39 is 10.9 Å². The van der Waals surface area contributed by atoms with E-state index >= 15 is 0 Å². The third-order valence-electron chi connectivity index (χ3n) is 3.35. The second kappa shape index (κ2) is 5.80. The molecule has 1 heterocycles. The monoisotopic (exact) mass is 319 g/mol. The number of esters is 1. The molecule has 2 aromatic rings. The lowest BCUT2D eigenvalue weighted by Crippen LogP contribution is -2.05. The molecule has 22 heavy (non-hydrogen) atoms. The highest BCUT2D eigenvalue weighted by molar-refractivity contribution is 7.99. The summed E-state index contributed by atoms with van der Waals surface area (Å²) in [7, 11) is 1.25. The minimum Gasteiger partial charge on any atom is -0.465 e. The third kappa shape index (κ3) is 2.82. The Balaban J connectivity index is 1.96. The highest BCUT2D eigenvalue weighted by Crippen LogP contribution is 2.40. The summed E-state index contributed by atoms with van der Waals surface area (Å²) in [5, 5.41) is 11.6. The van der Waals surface area contributed by atoms with E-state index in [1.807, 2.05) is 6.20 Å². The van der Waals surface area contributed by atoms with Crippen LogP contribution in [-0.4, -0.2) is 27.6 Å². The van der Waals surface area contributed by atoms with Gasteiger partial charge in [-0.05, 0) is 18.9 Å². The second-order valence-electron chi connectivity index (χ2n) is 4.88. The number of hydrogen-bond donors (Lipinski definition) is 0. The Labute approximate surface area is 130 Å². The smallest absolute Gasteiger partial charge is 0.339 e. The topological polar surface area (TPSA) is 87.3 Å².